The number of hydrogen-bond donors (Lipinski definition) is 0. The Labute approximate surface area is 211 Å². The van der Waals surface area contributed by atoms with Gasteiger partial charge in [-0.25, -0.2) is 0 Å². The average Bonchev–Trinajstić information content (AvgIpc) is 3.41. The number of fused-ring (bicyclic) bond motifs is 10. The van der Waals surface area contributed by atoms with Crippen LogP contribution < -0.4 is 19.6 Å². The summed E-state index contributed by atoms with van der Waals surface area (Å²) in [6, 6.07) is 34.4. The molecule has 0 spiro atoms. The van der Waals surface area contributed by atoms with E-state index in [4.69, 9.17) is 10.6 Å². The van der Waals surface area contributed by atoms with Gasteiger partial charge in [0, 0.05) is 0 Å². The van der Waals surface area contributed by atoms with Gasteiger partial charge in [0.05, 0.1) is 0 Å². The zero-order chi connectivity index (χ0) is 22.9. The molecule has 4 heterocycles. The SMILES string of the molecule is c1ccc2c(c1)[N-]CN1[C]3=[Pt]=[C]4N(C[N-]c5ccccc5N3c3ccccc31)c1ccccc1N42. The van der Waals surface area contributed by atoms with Gasteiger partial charge in [-0.05, 0) is 0 Å². The first-order valence-corrected chi connectivity index (χ1v) is 13.8. The Bertz CT molecular complexity index is 1470. The summed E-state index contributed by atoms with van der Waals surface area (Å²) in [7, 11) is 0. The molecule has 4 aliphatic rings. The molecule has 0 atom stereocenters. The molecule has 0 aromatic heterocycles. The second-order valence-electron chi connectivity index (χ2n) is 8.64. The van der Waals surface area contributed by atoms with Crippen LogP contribution in [0.4, 0.5) is 45.5 Å². The van der Waals surface area contributed by atoms with E-state index in [1.54, 1.807) is 0 Å². The van der Waals surface area contributed by atoms with Crippen molar-refractivity contribution in [1.82, 2.24) is 0 Å². The fourth-order valence-electron chi connectivity index (χ4n) is 5.16. The van der Waals surface area contributed by atoms with E-state index in [-0.39, 0.29) is 0 Å². The molecule has 7 heteroatoms. The first kappa shape index (κ1) is 19.4. The van der Waals surface area contributed by atoms with Crippen LogP contribution in [-0.2, 0) is 17.6 Å². The molecule has 0 radical (unpaired) electrons. The Balaban J connectivity index is 1.50. The molecule has 6 nitrogen and oxygen atoms in total. The summed E-state index contributed by atoms with van der Waals surface area (Å²) in [6.45, 7) is 1.17. The van der Waals surface area contributed by atoms with E-state index < -0.39 is 17.6 Å². The molecule has 4 aromatic rings. The van der Waals surface area contributed by atoms with Crippen molar-refractivity contribution in [2.75, 3.05) is 32.9 Å². The Morgan fingerprint density at radius 2 is 0.829 bits per heavy atom. The van der Waals surface area contributed by atoms with Gasteiger partial charge < -0.3 is 0 Å². The maximum absolute atomic E-state index is 5.17. The molecule has 8 rings (SSSR count). The first-order chi connectivity index (χ1) is 17.4. The van der Waals surface area contributed by atoms with Crippen molar-refractivity contribution in [2.24, 2.45) is 0 Å². The van der Waals surface area contributed by atoms with Gasteiger partial charge in [0.15, 0.2) is 0 Å². The van der Waals surface area contributed by atoms with Crippen LogP contribution in [0.1, 0.15) is 0 Å². The molecule has 0 saturated heterocycles. The summed E-state index contributed by atoms with van der Waals surface area (Å²) in [5, 5.41) is 10.3. The van der Waals surface area contributed by atoms with Crippen molar-refractivity contribution in [3.63, 3.8) is 0 Å². The molecule has 0 amide bonds. The zero-order valence-electron chi connectivity index (χ0n) is 18.7. The predicted octanol–water partition coefficient (Wildman–Crippen LogP) is 6.51. The quantitative estimate of drug-likeness (QED) is 0.221. The van der Waals surface area contributed by atoms with E-state index >= 15 is 0 Å². The molecule has 0 unspecified atom stereocenters. The van der Waals surface area contributed by atoms with E-state index in [9.17, 15) is 0 Å². The summed E-state index contributed by atoms with van der Waals surface area (Å²) in [6.07, 6.45) is 0. The van der Waals surface area contributed by atoms with Crippen LogP contribution in [0.2, 0.25) is 0 Å². The fraction of sp³-hybridized carbons (Fsp3) is 0.0714. The molecule has 2 bridgehead atoms. The third kappa shape index (κ3) is 2.69. The van der Waals surface area contributed by atoms with Gasteiger partial charge in [-0.2, -0.15) is 0 Å². The fourth-order valence-corrected chi connectivity index (χ4v) is 8.70. The van der Waals surface area contributed by atoms with Crippen molar-refractivity contribution in [1.29, 1.82) is 0 Å². The molecule has 4 aromatic carbocycles. The standard InChI is InChI=1S/C28H20N6.Pt/c1-3-11-23-21(9-1)29-17-31-20-34(28-16-8-6-14-26(28)31)24-12-4-2-10-22(24)30-18-32-19-33(23)27-15-7-5-13-25(27)32;/h1-16H,17-18H2;/q-2;. The Morgan fingerprint density at radius 1 is 0.457 bits per heavy atom. The van der Waals surface area contributed by atoms with Crippen molar-refractivity contribution in [3.05, 3.63) is 108 Å². The van der Waals surface area contributed by atoms with Crippen molar-refractivity contribution in [2.45, 2.75) is 0 Å². The Morgan fingerprint density at radius 3 is 1.29 bits per heavy atom. The predicted molar refractivity (Wildman–Crippen MR) is 141 cm³/mol. The maximum atomic E-state index is 5.17. The van der Waals surface area contributed by atoms with Gasteiger partial charge in [0.25, 0.3) is 0 Å². The van der Waals surface area contributed by atoms with Gasteiger partial charge in [-0.1, -0.05) is 0 Å². The zero-order valence-corrected chi connectivity index (χ0v) is 20.9. The van der Waals surface area contributed by atoms with Gasteiger partial charge in [0.1, 0.15) is 0 Å². The monoisotopic (exact) mass is 635 g/mol. The van der Waals surface area contributed by atoms with E-state index in [0.29, 0.717) is 13.3 Å². The molecule has 35 heavy (non-hydrogen) atoms. The van der Waals surface area contributed by atoms with Crippen LogP contribution >= 0.6 is 0 Å². The molecular weight excluding hydrogens is 615 g/mol. The van der Waals surface area contributed by atoms with Gasteiger partial charge in [0.2, 0.25) is 0 Å². The Hall–Kier alpha value is -3.89. The molecule has 0 N–H and O–H groups in total. The molecule has 4 aliphatic heterocycles. The van der Waals surface area contributed by atoms with E-state index in [2.05, 4.69) is 117 Å². The summed E-state index contributed by atoms with van der Waals surface area (Å²) in [5.41, 5.74) is 9.10. The molecule has 0 saturated carbocycles. The van der Waals surface area contributed by atoms with Crippen LogP contribution in [0.15, 0.2) is 97.1 Å². The third-order valence-electron chi connectivity index (χ3n) is 6.73. The summed E-state index contributed by atoms with van der Waals surface area (Å²) >= 11 is -0.634. The Kier molecular flexibility index (Phi) is 4.05. The van der Waals surface area contributed by atoms with Crippen LogP contribution in [-0.4, -0.2) is 21.6 Å². The van der Waals surface area contributed by atoms with Crippen molar-refractivity contribution < 1.29 is 17.6 Å². The van der Waals surface area contributed by atoms with Gasteiger partial charge >= 0.3 is 212 Å². The minimum absolute atomic E-state index is 0.585. The molecule has 174 valence electrons. The molecular formula is C28H20N6Pt-2. The van der Waals surface area contributed by atoms with E-state index in [0.717, 1.165) is 22.7 Å². The van der Waals surface area contributed by atoms with Gasteiger partial charge in [-0.15, -0.1) is 0 Å². The summed E-state index contributed by atoms with van der Waals surface area (Å²) in [4.78, 5) is 9.70. The number of anilines is 6. The first-order valence-electron chi connectivity index (χ1n) is 11.6. The molecule has 0 aliphatic carbocycles. The van der Waals surface area contributed by atoms with Crippen LogP contribution in [0, 0.1) is 0 Å². The minimum atomic E-state index is -0.634. The summed E-state index contributed by atoms with van der Waals surface area (Å²) in [5.74, 6) is 0. The number of rotatable bonds is 0. The van der Waals surface area contributed by atoms with E-state index in [1.165, 1.54) is 31.0 Å². The average molecular weight is 636 g/mol. The topological polar surface area (TPSA) is 41.2 Å². The van der Waals surface area contributed by atoms with E-state index in [1.807, 2.05) is 0 Å². The number of benzene rings is 4. The molecule has 0 fully saturated rings. The van der Waals surface area contributed by atoms with Crippen molar-refractivity contribution >= 4 is 53.8 Å². The van der Waals surface area contributed by atoms with Crippen molar-refractivity contribution in [3.8, 4) is 0 Å². The second kappa shape index (κ2) is 7.30. The number of nitrogens with zero attached hydrogens (tertiary/aromatic N) is 6. The van der Waals surface area contributed by atoms with Crippen LogP contribution in [0.5, 0.6) is 0 Å². The second-order valence-corrected chi connectivity index (χ2v) is 11.2. The van der Waals surface area contributed by atoms with Crippen LogP contribution in [0.25, 0.3) is 10.6 Å². The normalized spacial score (nSPS) is 17.1. The number of para-hydroxylation sites is 8. The van der Waals surface area contributed by atoms with Gasteiger partial charge in [-0.3, -0.25) is 0 Å². The summed E-state index contributed by atoms with van der Waals surface area (Å²) < 4.78 is 2.62. The third-order valence-corrected chi connectivity index (χ3v) is 9.99. The van der Waals surface area contributed by atoms with Crippen LogP contribution in [0.3, 0.4) is 0 Å². The number of hydrogen-bond acceptors (Lipinski definition) is 4.